The zero-order chi connectivity index (χ0) is 14.9. The normalized spacial score (nSPS) is 18.0. The molecule has 0 spiro atoms. The summed E-state index contributed by atoms with van der Waals surface area (Å²) in [5.74, 6) is -0.759. The van der Waals surface area contributed by atoms with Crippen LogP contribution < -0.4 is 0 Å². The molecule has 1 unspecified atom stereocenters. The van der Waals surface area contributed by atoms with Gasteiger partial charge in [0, 0.05) is 24.5 Å². The molecule has 1 aliphatic rings. The van der Waals surface area contributed by atoms with Gasteiger partial charge in [-0.25, -0.2) is 0 Å². The van der Waals surface area contributed by atoms with E-state index in [0.717, 1.165) is 25.1 Å². The van der Waals surface area contributed by atoms with Crippen LogP contribution in [0.15, 0.2) is 41.8 Å². The number of benzene rings is 1. The lowest BCUT2D eigenvalue weighted by Crippen LogP contribution is -2.45. The van der Waals surface area contributed by atoms with Gasteiger partial charge in [-0.05, 0) is 35.9 Å². The van der Waals surface area contributed by atoms with Crippen LogP contribution in [-0.2, 0) is 23.2 Å². The van der Waals surface area contributed by atoms with Gasteiger partial charge in [-0.15, -0.1) is 11.3 Å². The molecule has 1 aromatic heterocycles. The monoisotopic (exact) mass is 301 g/mol. The predicted molar refractivity (Wildman–Crippen MR) is 84.7 cm³/mol. The van der Waals surface area contributed by atoms with Gasteiger partial charge in [0.25, 0.3) is 0 Å². The minimum absolute atomic E-state index is 0.543. The molecule has 0 fully saturated rings. The molecule has 2 aromatic rings. The van der Waals surface area contributed by atoms with Crippen molar-refractivity contribution in [2.75, 3.05) is 13.1 Å². The molecule has 21 heavy (non-hydrogen) atoms. The second-order valence-electron chi connectivity index (χ2n) is 5.83. The molecule has 0 aliphatic carbocycles. The first-order chi connectivity index (χ1) is 10.1. The van der Waals surface area contributed by atoms with Crippen LogP contribution in [0.2, 0.25) is 0 Å². The molecule has 1 atom stereocenters. The number of hydrogen-bond acceptors (Lipinski definition) is 3. The number of carbonyl (C=O) groups is 1. The number of rotatable bonds is 4. The van der Waals surface area contributed by atoms with E-state index in [1.807, 2.05) is 37.3 Å². The SMILES string of the molecule is CC(CN1CCc2sccc2C1)(C(=O)O)c1ccccc1. The Bertz CT molecular complexity index is 637. The number of nitrogens with zero attached hydrogens (tertiary/aromatic N) is 1. The van der Waals surface area contributed by atoms with Crippen molar-refractivity contribution in [3.8, 4) is 0 Å². The van der Waals surface area contributed by atoms with Crippen LogP contribution >= 0.6 is 11.3 Å². The Balaban J connectivity index is 1.82. The van der Waals surface area contributed by atoms with Crippen molar-refractivity contribution in [1.82, 2.24) is 4.90 Å². The summed E-state index contributed by atoms with van der Waals surface area (Å²) < 4.78 is 0. The van der Waals surface area contributed by atoms with Crippen molar-refractivity contribution in [2.45, 2.75) is 25.3 Å². The second kappa shape index (κ2) is 5.62. The number of hydrogen-bond donors (Lipinski definition) is 1. The first-order valence-electron chi connectivity index (χ1n) is 7.16. The van der Waals surface area contributed by atoms with Crippen LogP contribution in [0.4, 0.5) is 0 Å². The molecular weight excluding hydrogens is 282 g/mol. The molecule has 110 valence electrons. The molecule has 3 nitrogen and oxygen atoms in total. The minimum atomic E-state index is -0.866. The summed E-state index contributed by atoms with van der Waals surface area (Å²) in [4.78, 5) is 15.6. The first-order valence-corrected chi connectivity index (χ1v) is 8.04. The summed E-state index contributed by atoms with van der Waals surface area (Å²) in [5, 5.41) is 11.9. The molecule has 2 heterocycles. The van der Waals surface area contributed by atoms with Gasteiger partial charge >= 0.3 is 5.97 Å². The Morgan fingerprint density at radius 1 is 1.33 bits per heavy atom. The highest BCUT2D eigenvalue weighted by Crippen LogP contribution is 2.29. The van der Waals surface area contributed by atoms with Gasteiger partial charge in [-0.2, -0.15) is 0 Å². The molecule has 0 bridgehead atoms. The van der Waals surface area contributed by atoms with Crippen molar-refractivity contribution in [3.05, 3.63) is 57.8 Å². The highest BCUT2D eigenvalue weighted by atomic mass is 32.1. The Morgan fingerprint density at radius 2 is 2.10 bits per heavy atom. The number of fused-ring (bicyclic) bond motifs is 1. The van der Waals surface area contributed by atoms with Crippen molar-refractivity contribution in [1.29, 1.82) is 0 Å². The lowest BCUT2D eigenvalue weighted by atomic mass is 9.81. The molecule has 0 saturated carbocycles. The first kappa shape index (κ1) is 14.3. The maximum absolute atomic E-state index is 11.9. The van der Waals surface area contributed by atoms with E-state index >= 15 is 0 Å². The fourth-order valence-electron chi connectivity index (χ4n) is 2.98. The topological polar surface area (TPSA) is 40.5 Å². The van der Waals surface area contributed by atoms with E-state index in [-0.39, 0.29) is 0 Å². The van der Waals surface area contributed by atoms with Gasteiger partial charge in [0.15, 0.2) is 0 Å². The van der Waals surface area contributed by atoms with Crippen molar-refractivity contribution in [2.24, 2.45) is 0 Å². The van der Waals surface area contributed by atoms with Crippen molar-refractivity contribution < 1.29 is 9.90 Å². The number of carboxylic acid groups (broad SMARTS) is 1. The van der Waals surface area contributed by atoms with Gasteiger partial charge in [0.1, 0.15) is 5.41 Å². The summed E-state index contributed by atoms with van der Waals surface area (Å²) in [6.45, 7) is 4.16. The Morgan fingerprint density at radius 3 is 2.81 bits per heavy atom. The number of carboxylic acids is 1. The highest BCUT2D eigenvalue weighted by molar-refractivity contribution is 7.10. The molecular formula is C17H19NO2S. The predicted octanol–water partition coefficient (Wildman–Crippen LogP) is 3.15. The summed E-state index contributed by atoms with van der Waals surface area (Å²) >= 11 is 1.81. The Kier molecular flexibility index (Phi) is 3.83. The summed E-state index contributed by atoms with van der Waals surface area (Å²) in [6, 6.07) is 11.7. The highest BCUT2D eigenvalue weighted by Gasteiger charge is 2.37. The molecule has 4 heteroatoms. The van der Waals surface area contributed by atoms with Crippen LogP contribution in [0.25, 0.3) is 0 Å². The summed E-state index contributed by atoms with van der Waals surface area (Å²) in [6.07, 6.45) is 1.03. The average molecular weight is 301 g/mol. The maximum atomic E-state index is 11.9. The van der Waals surface area contributed by atoms with E-state index in [9.17, 15) is 9.90 Å². The fourth-order valence-corrected chi connectivity index (χ4v) is 3.87. The van der Waals surface area contributed by atoms with Gasteiger partial charge in [-0.3, -0.25) is 9.69 Å². The van der Waals surface area contributed by atoms with E-state index in [0.29, 0.717) is 6.54 Å². The zero-order valence-electron chi connectivity index (χ0n) is 12.1. The third kappa shape index (κ3) is 2.74. The lowest BCUT2D eigenvalue weighted by molar-refractivity contribution is -0.144. The standard InChI is InChI=1S/C17H19NO2S/c1-17(16(19)20,14-5-3-2-4-6-14)12-18-9-7-15-13(11-18)8-10-21-15/h2-6,8,10H,7,9,11-12H2,1H3,(H,19,20). The van der Waals surface area contributed by atoms with Gasteiger partial charge in [0.05, 0.1) is 0 Å². The quantitative estimate of drug-likeness (QED) is 0.943. The largest absolute Gasteiger partial charge is 0.481 e. The van der Waals surface area contributed by atoms with Crippen LogP contribution in [-0.4, -0.2) is 29.1 Å². The fraction of sp³-hybridized carbons (Fsp3) is 0.353. The number of thiophene rings is 1. The van der Waals surface area contributed by atoms with Crippen LogP contribution in [0.5, 0.6) is 0 Å². The van der Waals surface area contributed by atoms with E-state index in [4.69, 9.17) is 0 Å². The zero-order valence-corrected chi connectivity index (χ0v) is 12.9. The summed E-state index contributed by atoms with van der Waals surface area (Å²) in [5.41, 5.74) is 1.36. The smallest absolute Gasteiger partial charge is 0.315 e. The van der Waals surface area contributed by atoms with Gasteiger partial charge in [-0.1, -0.05) is 30.3 Å². The van der Waals surface area contributed by atoms with E-state index < -0.39 is 11.4 Å². The van der Waals surface area contributed by atoms with Gasteiger partial charge < -0.3 is 5.11 Å². The molecule has 1 aliphatic heterocycles. The molecule has 0 amide bonds. The molecule has 0 radical (unpaired) electrons. The molecule has 3 rings (SSSR count). The Hall–Kier alpha value is -1.65. The van der Waals surface area contributed by atoms with Gasteiger partial charge in [0.2, 0.25) is 0 Å². The van der Waals surface area contributed by atoms with Crippen LogP contribution in [0.1, 0.15) is 22.9 Å². The molecule has 0 saturated heterocycles. The van der Waals surface area contributed by atoms with Crippen molar-refractivity contribution >= 4 is 17.3 Å². The van der Waals surface area contributed by atoms with Crippen LogP contribution in [0, 0.1) is 0 Å². The lowest BCUT2D eigenvalue weighted by Gasteiger charge is -2.34. The minimum Gasteiger partial charge on any atom is -0.481 e. The maximum Gasteiger partial charge on any atom is 0.315 e. The van der Waals surface area contributed by atoms with Crippen LogP contribution in [0.3, 0.4) is 0 Å². The third-order valence-corrected chi connectivity index (χ3v) is 5.33. The van der Waals surface area contributed by atoms with E-state index in [2.05, 4.69) is 16.3 Å². The molecule has 1 N–H and O–H groups in total. The Labute approximate surface area is 128 Å². The second-order valence-corrected chi connectivity index (χ2v) is 6.83. The molecule has 1 aromatic carbocycles. The van der Waals surface area contributed by atoms with E-state index in [1.165, 1.54) is 10.4 Å². The third-order valence-electron chi connectivity index (χ3n) is 4.31. The van der Waals surface area contributed by atoms with Crippen molar-refractivity contribution in [3.63, 3.8) is 0 Å². The number of aliphatic carboxylic acids is 1. The van der Waals surface area contributed by atoms with E-state index in [1.54, 1.807) is 11.3 Å². The summed E-state index contributed by atoms with van der Waals surface area (Å²) in [7, 11) is 0. The average Bonchev–Trinajstić information content (AvgIpc) is 2.95.